The maximum Gasteiger partial charge on any atom is 0.227 e. The zero-order valence-corrected chi connectivity index (χ0v) is 13.9. The lowest BCUT2D eigenvalue weighted by Gasteiger charge is -2.29. The molecule has 1 aromatic carbocycles. The van der Waals surface area contributed by atoms with Gasteiger partial charge in [-0.3, -0.25) is 9.59 Å². The second kappa shape index (κ2) is 7.84. The Bertz CT molecular complexity index is 573. The van der Waals surface area contributed by atoms with Gasteiger partial charge in [-0.25, -0.2) is 0 Å². The molecule has 1 saturated heterocycles. The molecule has 124 valence electrons. The van der Waals surface area contributed by atoms with Gasteiger partial charge in [-0.15, -0.1) is 11.8 Å². The van der Waals surface area contributed by atoms with Gasteiger partial charge in [0.15, 0.2) is 0 Å². The summed E-state index contributed by atoms with van der Waals surface area (Å²) in [5, 5.41) is 2.86. The first-order chi connectivity index (χ1) is 11.2. The molecule has 1 fully saturated rings. The first-order valence-electron chi connectivity index (χ1n) is 8.14. The average molecular weight is 334 g/mol. The number of anilines is 1. The molecular weight excluding hydrogens is 312 g/mol. The fourth-order valence-corrected chi connectivity index (χ4v) is 3.90. The Morgan fingerprint density at radius 1 is 1.30 bits per heavy atom. The van der Waals surface area contributed by atoms with Crippen LogP contribution < -0.4 is 10.2 Å². The Labute approximate surface area is 140 Å². The highest BCUT2D eigenvalue weighted by Crippen LogP contribution is 2.34. The van der Waals surface area contributed by atoms with Crippen LogP contribution in [0.5, 0.6) is 0 Å². The number of hydrogen-bond acceptors (Lipinski definition) is 4. The molecule has 0 bridgehead atoms. The summed E-state index contributed by atoms with van der Waals surface area (Å²) in [4.78, 5) is 27.3. The van der Waals surface area contributed by atoms with Crippen LogP contribution in [0.1, 0.15) is 25.7 Å². The second-order valence-electron chi connectivity index (χ2n) is 5.80. The summed E-state index contributed by atoms with van der Waals surface area (Å²) in [6, 6.07) is 7.93. The fourth-order valence-electron chi connectivity index (χ4n) is 2.91. The van der Waals surface area contributed by atoms with Gasteiger partial charge in [0.05, 0.1) is 11.8 Å². The summed E-state index contributed by atoms with van der Waals surface area (Å²) in [5.41, 5.74) is 0.966. The summed E-state index contributed by atoms with van der Waals surface area (Å²) in [6.45, 7) is 2.04. The quantitative estimate of drug-likeness (QED) is 0.897. The maximum atomic E-state index is 12.4. The van der Waals surface area contributed by atoms with Crippen LogP contribution in [-0.4, -0.2) is 43.4 Å². The Balaban J connectivity index is 1.47. The van der Waals surface area contributed by atoms with E-state index in [1.807, 2.05) is 24.3 Å². The van der Waals surface area contributed by atoms with Crippen molar-refractivity contribution >= 4 is 29.3 Å². The molecular formula is C17H22N2O3S. The van der Waals surface area contributed by atoms with Crippen molar-refractivity contribution in [1.29, 1.82) is 0 Å². The van der Waals surface area contributed by atoms with Gasteiger partial charge in [0.2, 0.25) is 11.8 Å². The Hall–Kier alpha value is -1.53. The molecule has 3 rings (SSSR count). The van der Waals surface area contributed by atoms with Crippen molar-refractivity contribution in [3.8, 4) is 0 Å². The molecule has 2 aliphatic heterocycles. The molecule has 0 unspecified atom stereocenters. The Morgan fingerprint density at radius 2 is 2.17 bits per heavy atom. The van der Waals surface area contributed by atoms with E-state index in [0.717, 1.165) is 35.8 Å². The smallest absolute Gasteiger partial charge is 0.227 e. The van der Waals surface area contributed by atoms with E-state index in [-0.39, 0.29) is 30.8 Å². The van der Waals surface area contributed by atoms with E-state index in [1.54, 1.807) is 16.7 Å². The first kappa shape index (κ1) is 16.3. The Kier molecular flexibility index (Phi) is 5.56. The molecule has 0 aliphatic carbocycles. The van der Waals surface area contributed by atoms with Crippen molar-refractivity contribution in [2.24, 2.45) is 0 Å². The highest BCUT2D eigenvalue weighted by atomic mass is 32.2. The molecule has 0 saturated carbocycles. The fraction of sp³-hybridized carbons (Fsp3) is 0.529. The van der Waals surface area contributed by atoms with E-state index in [1.165, 1.54) is 0 Å². The third-order valence-electron chi connectivity index (χ3n) is 4.15. The number of amides is 2. The number of nitrogens with zero attached hydrogens (tertiary/aromatic N) is 1. The normalized spacial score (nSPS) is 20.2. The molecule has 2 aliphatic rings. The van der Waals surface area contributed by atoms with Crippen LogP contribution in [0.15, 0.2) is 29.2 Å². The van der Waals surface area contributed by atoms with E-state index < -0.39 is 0 Å². The molecule has 0 radical (unpaired) electrons. The number of nitrogens with one attached hydrogen (secondary N) is 1. The van der Waals surface area contributed by atoms with Crippen molar-refractivity contribution in [2.45, 2.75) is 36.7 Å². The second-order valence-corrected chi connectivity index (χ2v) is 6.94. The van der Waals surface area contributed by atoms with Crippen LogP contribution >= 0.6 is 11.8 Å². The zero-order chi connectivity index (χ0) is 16.1. The zero-order valence-electron chi connectivity index (χ0n) is 13.1. The van der Waals surface area contributed by atoms with E-state index in [4.69, 9.17) is 4.74 Å². The molecule has 5 nitrogen and oxygen atoms in total. The van der Waals surface area contributed by atoms with Gasteiger partial charge in [-0.1, -0.05) is 12.1 Å². The van der Waals surface area contributed by atoms with E-state index >= 15 is 0 Å². The summed E-state index contributed by atoms with van der Waals surface area (Å²) in [5.74, 6) is 0.840. The minimum Gasteiger partial charge on any atom is -0.376 e. The highest BCUT2D eigenvalue weighted by Gasteiger charge is 2.23. The van der Waals surface area contributed by atoms with E-state index in [0.29, 0.717) is 13.1 Å². The predicted molar refractivity (Wildman–Crippen MR) is 90.7 cm³/mol. The lowest BCUT2D eigenvalue weighted by molar-refractivity contribution is -0.125. The summed E-state index contributed by atoms with van der Waals surface area (Å²) in [7, 11) is 0. The molecule has 2 heterocycles. The minimum absolute atomic E-state index is 0.0185. The third-order valence-corrected chi connectivity index (χ3v) is 5.19. The van der Waals surface area contributed by atoms with Crippen LogP contribution in [0.25, 0.3) is 0 Å². The summed E-state index contributed by atoms with van der Waals surface area (Å²) in [6.07, 6.45) is 2.68. The lowest BCUT2D eigenvalue weighted by Crippen LogP contribution is -2.37. The van der Waals surface area contributed by atoms with Crippen molar-refractivity contribution in [1.82, 2.24) is 5.32 Å². The van der Waals surface area contributed by atoms with Gasteiger partial charge in [0, 0.05) is 43.2 Å². The first-order valence-corrected chi connectivity index (χ1v) is 9.13. The van der Waals surface area contributed by atoms with E-state index in [2.05, 4.69) is 5.32 Å². The number of benzene rings is 1. The van der Waals surface area contributed by atoms with Crippen LogP contribution in [-0.2, 0) is 14.3 Å². The Morgan fingerprint density at radius 3 is 3.00 bits per heavy atom. The van der Waals surface area contributed by atoms with Crippen LogP contribution in [0.3, 0.4) is 0 Å². The van der Waals surface area contributed by atoms with Gasteiger partial charge >= 0.3 is 0 Å². The van der Waals surface area contributed by atoms with Crippen LogP contribution in [0, 0.1) is 0 Å². The largest absolute Gasteiger partial charge is 0.376 e. The van der Waals surface area contributed by atoms with Gasteiger partial charge in [-0.05, 0) is 25.0 Å². The molecule has 0 spiro atoms. The number of hydrogen-bond donors (Lipinski definition) is 1. The van der Waals surface area contributed by atoms with Crippen molar-refractivity contribution in [3.05, 3.63) is 24.3 Å². The molecule has 1 N–H and O–H groups in total. The standard InChI is InChI=1S/C17H22N2O3S/c20-16(18-12-13-4-3-10-22-13)7-8-17(21)19-9-11-23-15-6-2-1-5-14(15)19/h1-2,5-6,13H,3-4,7-12H2,(H,18,20)/t13-/m1/s1. The number of rotatable bonds is 5. The number of thioether (sulfide) groups is 1. The number of carbonyl (C=O) groups excluding carboxylic acids is 2. The summed E-state index contributed by atoms with van der Waals surface area (Å²) >= 11 is 1.77. The molecule has 2 amide bonds. The predicted octanol–water partition coefficient (Wildman–Crippen LogP) is 2.20. The van der Waals surface area contributed by atoms with Gasteiger partial charge in [0.1, 0.15) is 0 Å². The molecule has 6 heteroatoms. The monoisotopic (exact) mass is 334 g/mol. The maximum absolute atomic E-state index is 12.4. The van der Waals surface area contributed by atoms with Crippen molar-refractivity contribution in [2.75, 3.05) is 30.3 Å². The van der Waals surface area contributed by atoms with Gasteiger partial charge in [-0.2, -0.15) is 0 Å². The van der Waals surface area contributed by atoms with Gasteiger partial charge in [0.25, 0.3) is 0 Å². The third kappa shape index (κ3) is 4.26. The van der Waals surface area contributed by atoms with Crippen LogP contribution in [0.2, 0.25) is 0 Å². The highest BCUT2D eigenvalue weighted by molar-refractivity contribution is 7.99. The van der Waals surface area contributed by atoms with Crippen molar-refractivity contribution in [3.63, 3.8) is 0 Å². The molecule has 23 heavy (non-hydrogen) atoms. The van der Waals surface area contributed by atoms with Gasteiger partial charge < -0.3 is 15.0 Å². The number of para-hydroxylation sites is 1. The number of ether oxygens (including phenoxy) is 1. The molecule has 1 atom stereocenters. The molecule has 1 aromatic rings. The number of carbonyl (C=O) groups is 2. The molecule has 0 aromatic heterocycles. The van der Waals surface area contributed by atoms with E-state index in [9.17, 15) is 9.59 Å². The summed E-state index contributed by atoms with van der Waals surface area (Å²) < 4.78 is 5.47. The van der Waals surface area contributed by atoms with Crippen molar-refractivity contribution < 1.29 is 14.3 Å². The SMILES string of the molecule is O=C(CCC(=O)N1CCSc2ccccc21)NC[C@H]1CCCO1. The minimum atomic E-state index is -0.0754. The topological polar surface area (TPSA) is 58.6 Å². The number of fused-ring (bicyclic) bond motifs is 1. The average Bonchev–Trinajstić information content (AvgIpc) is 3.11. The lowest BCUT2D eigenvalue weighted by atomic mass is 10.2. The van der Waals surface area contributed by atoms with Crippen LogP contribution in [0.4, 0.5) is 5.69 Å².